The van der Waals surface area contributed by atoms with E-state index in [1.165, 1.54) is 17.8 Å². The average molecular weight is 678 g/mol. The number of nitrogens with zero attached hydrogens (tertiary/aromatic N) is 2. The molecule has 0 aromatic carbocycles. The number of fused-ring (bicyclic) bond motifs is 1. The van der Waals surface area contributed by atoms with Gasteiger partial charge >= 0.3 is 11.9 Å². The van der Waals surface area contributed by atoms with Crippen LogP contribution in [0.4, 0.5) is 0 Å². The number of imidazole rings is 1. The van der Waals surface area contributed by atoms with Crippen molar-refractivity contribution in [2.45, 2.75) is 98.7 Å². The Morgan fingerprint density at radius 1 is 0.932 bits per heavy atom. The molecular weight excluding hydrogens is 624 g/mol. The lowest BCUT2D eigenvalue weighted by Gasteiger charge is -1.97. The van der Waals surface area contributed by atoms with Gasteiger partial charge in [0.1, 0.15) is 17.7 Å². The summed E-state index contributed by atoms with van der Waals surface area (Å²) in [6.07, 6.45) is 7.04. The third-order valence-electron chi connectivity index (χ3n) is 8.44. The predicted octanol–water partition coefficient (Wildman–Crippen LogP) is 7.38. The maximum atomic E-state index is 11.1. The summed E-state index contributed by atoms with van der Waals surface area (Å²) < 4.78 is 11.7. The van der Waals surface area contributed by atoms with E-state index in [9.17, 15) is 19.2 Å². The smallest absolute Gasteiger partial charge is 0.309 e. The van der Waals surface area contributed by atoms with Crippen molar-refractivity contribution in [2.75, 3.05) is 13.2 Å². The highest BCUT2D eigenvalue weighted by Crippen LogP contribution is 2.47. The zero-order valence-electron chi connectivity index (χ0n) is 28.0. The zero-order chi connectivity index (χ0) is 33.1. The third kappa shape index (κ3) is 11.1. The van der Waals surface area contributed by atoms with Crippen molar-refractivity contribution in [3.63, 3.8) is 0 Å². The van der Waals surface area contributed by atoms with Crippen LogP contribution in [-0.2, 0) is 28.7 Å². The Balaban J connectivity index is 0.000000205. The van der Waals surface area contributed by atoms with Gasteiger partial charge in [-0.05, 0) is 83.3 Å². The number of Topliss-reactive ketones (excluding diaryl/α,β-unsaturated/α-hetero) is 1. The van der Waals surface area contributed by atoms with Crippen molar-refractivity contribution in [3.05, 3.63) is 35.8 Å². The summed E-state index contributed by atoms with van der Waals surface area (Å²) in [5.41, 5.74) is 3.71. The van der Waals surface area contributed by atoms with Crippen LogP contribution in [0.25, 0.3) is 5.65 Å². The summed E-state index contributed by atoms with van der Waals surface area (Å²) in [7, 11) is 0. The lowest BCUT2D eigenvalue weighted by atomic mass is 10.2. The Kier molecular flexibility index (Phi) is 15.2. The van der Waals surface area contributed by atoms with Crippen LogP contribution in [0, 0.1) is 48.3 Å². The number of aryl methyl sites for hydroxylation is 1. The van der Waals surface area contributed by atoms with Crippen LogP contribution >= 0.6 is 15.9 Å². The van der Waals surface area contributed by atoms with Crippen LogP contribution in [0.5, 0.6) is 0 Å². The van der Waals surface area contributed by atoms with Gasteiger partial charge in [0.05, 0.1) is 35.6 Å². The molecule has 9 unspecified atom stereocenters. The van der Waals surface area contributed by atoms with Crippen molar-refractivity contribution < 1.29 is 28.7 Å². The minimum absolute atomic E-state index is 0.00926. The number of esters is 2. The predicted molar refractivity (Wildman–Crippen MR) is 177 cm³/mol. The molecule has 0 aliphatic heterocycles. The SMILES string of the molecule is CC.CC(Br)C(=O)C1CC1C.CCOC(=O)C1CC1C.CCOC(=O)C1CC1C=O.Cc1c(C2CC2C)nc2ccccn12. The number of pyridine rings is 1. The van der Waals surface area contributed by atoms with Gasteiger partial charge in [-0.25, -0.2) is 4.98 Å². The first-order valence-electron chi connectivity index (χ1n) is 16.3. The average Bonchev–Trinajstić information content (AvgIpc) is 3.85. The highest BCUT2D eigenvalue weighted by molar-refractivity contribution is 9.10. The maximum absolute atomic E-state index is 11.1. The van der Waals surface area contributed by atoms with E-state index in [2.05, 4.69) is 71.3 Å². The second-order valence-electron chi connectivity index (χ2n) is 12.1. The minimum atomic E-state index is -0.223. The van der Waals surface area contributed by atoms with Crippen LogP contribution in [0.3, 0.4) is 0 Å². The minimum Gasteiger partial charge on any atom is -0.466 e. The van der Waals surface area contributed by atoms with Crippen molar-refractivity contribution in [1.29, 1.82) is 0 Å². The van der Waals surface area contributed by atoms with Gasteiger partial charge in [-0.1, -0.05) is 56.6 Å². The first-order valence-corrected chi connectivity index (χ1v) is 17.3. The van der Waals surface area contributed by atoms with Gasteiger partial charge in [-0.15, -0.1) is 0 Å². The fraction of sp³-hybridized carbons (Fsp3) is 0.686. The highest BCUT2D eigenvalue weighted by Gasteiger charge is 2.44. The molecule has 4 aliphatic rings. The molecule has 2 aromatic heterocycles. The molecule has 4 saturated carbocycles. The summed E-state index contributed by atoms with van der Waals surface area (Å²) in [4.78, 5) is 47.5. The first kappa shape index (κ1) is 37.6. The lowest BCUT2D eigenvalue weighted by molar-refractivity contribution is -0.146. The second kappa shape index (κ2) is 17.8. The van der Waals surface area contributed by atoms with Gasteiger partial charge in [-0.2, -0.15) is 0 Å². The molecule has 0 spiro atoms. The molecule has 0 N–H and O–H groups in total. The van der Waals surface area contributed by atoms with Crippen LogP contribution in [-0.4, -0.2) is 51.4 Å². The lowest BCUT2D eigenvalue weighted by Crippen LogP contribution is -2.12. The molecule has 2 heterocycles. The molecule has 8 nitrogen and oxygen atoms in total. The monoisotopic (exact) mass is 676 g/mol. The normalized spacial score (nSPS) is 28.8. The number of rotatable bonds is 8. The van der Waals surface area contributed by atoms with Crippen LogP contribution in [0.2, 0.25) is 0 Å². The molecule has 0 bridgehead atoms. The molecule has 246 valence electrons. The summed E-state index contributed by atoms with van der Waals surface area (Å²) in [6, 6.07) is 6.17. The van der Waals surface area contributed by atoms with Crippen molar-refractivity contribution in [3.8, 4) is 0 Å². The van der Waals surface area contributed by atoms with Crippen molar-refractivity contribution >= 4 is 45.6 Å². The van der Waals surface area contributed by atoms with Gasteiger partial charge in [0.15, 0.2) is 0 Å². The van der Waals surface area contributed by atoms with Crippen molar-refractivity contribution in [2.24, 2.45) is 41.4 Å². The van der Waals surface area contributed by atoms with E-state index >= 15 is 0 Å². The molecule has 2 aromatic rings. The Bertz CT molecular complexity index is 1240. The number of ketones is 1. The summed E-state index contributed by atoms with van der Waals surface area (Å²) >= 11 is 3.26. The van der Waals surface area contributed by atoms with E-state index < -0.39 is 0 Å². The number of alkyl halides is 1. The largest absolute Gasteiger partial charge is 0.466 e. The number of carbonyl (C=O) groups excluding carboxylic acids is 4. The number of ether oxygens (including phenoxy) is 2. The zero-order valence-corrected chi connectivity index (χ0v) is 29.6. The molecule has 4 aliphatic carbocycles. The van der Waals surface area contributed by atoms with Gasteiger partial charge in [0.2, 0.25) is 0 Å². The molecule has 4 fully saturated rings. The van der Waals surface area contributed by atoms with E-state index in [0.29, 0.717) is 43.2 Å². The number of hydrogen-bond donors (Lipinski definition) is 0. The Labute approximate surface area is 272 Å². The standard InChI is InChI=1S/C12H14N2.C7H11BrO.C7H10O3.C7H12O2.C2H6/c1-8-7-10(8)12-9(2)14-6-4-3-5-11(14)13-12;1-4-3-6(4)7(9)5(2)8;1-2-10-7(9)6-3-5(6)4-8;1-3-9-7(8)6-4-5(6)2;1-2/h3-6,8,10H,7H2,1-2H3;4-6H,3H2,1-2H3;4-6H,2-3H2,1H3;5-6H,3-4H2,1-2H3;1-2H3. The van der Waals surface area contributed by atoms with Gasteiger partial charge in [0, 0.05) is 29.6 Å². The summed E-state index contributed by atoms with van der Waals surface area (Å²) in [5, 5.41) is 0. The number of aromatic nitrogens is 2. The van der Waals surface area contributed by atoms with E-state index in [4.69, 9.17) is 9.47 Å². The number of aldehydes is 1. The number of hydrogen-bond acceptors (Lipinski definition) is 7. The maximum Gasteiger partial charge on any atom is 0.309 e. The van der Waals surface area contributed by atoms with Gasteiger partial charge < -0.3 is 18.7 Å². The van der Waals surface area contributed by atoms with E-state index in [0.717, 1.165) is 36.6 Å². The Morgan fingerprint density at radius 2 is 1.45 bits per heavy atom. The van der Waals surface area contributed by atoms with Crippen LogP contribution in [0.1, 0.15) is 98.4 Å². The van der Waals surface area contributed by atoms with Gasteiger partial charge in [-0.3, -0.25) is 14.4 Å². The first-order chi connectivity index (χ1) is 20.9. The number of halogens is 1. The summed E-state index contributed by atoms with van der Waals surface area (Å²) in [5.74, 6) is 3.34. The second-order valence-corrected chi connectivity index (χ2v) is 13.5. The molecule has 44 heavy (non-hydrogen) atoms. The van der Waals surface area contributed by atoms with E-state index in [1.807, 2.05) is 33.8 Å². The fourth-order valence-electron chi connectivity index (χ4n) is 4.99. The molecule has 0 radical (unpaired) electrons. The molecular formula is C35H53BrN2O6. The molecule has 0 saturated heterocycles. The quantitative estimate of drug-likeness (QED) is 0.163. The molecule has 9 atom stereocenters. The topological polar surface area (TPSA) is 104 Å². The molecule has 9 heteroatoms. The fourth-order valence-corrected chi connectivity index (χ4v) is 5.33. The third-order valence-corrected chi connectivity index (χ3v) is 8.89. The Hall–Kier alpha value is -2.55. The number of carbonyl (C=O) groups is 4. The Morgan fingerprint density at radius 3 is 1.82 bits per heavy atom. The van der Waals surface area contributed by atoms with E-state index in [1.54, 1.807) is 6.92 Å². The van der Waals surface area contributed by atoms with Crippen LogP contribution < -0.4 is 0 Å². The van der Waals surface area contributed by atoms with Crippen molar-refractivity contribution in [1.82, 2.24) is 9.38 Å². The molecule has 6 rings (SSSR count). The molecule has 0 amide bonds. The highest BCUT2D eigenvalue weighted by atomic mass is 79.9. The van der Waals surface area contributed by atoms with E-state index in [-0.39, 0.29) is 34.5 Å². The van der Waals surface area contributed by atoms with Crippen LogP contribution in [0.15, 0.2) is 24.4 Å². The van der Waals surface area contributed by atoms with Gasteiger partial charge in [0.25, 0.3) is 0 Å². The summed E-state index contributed by atoms with van der Waals surface area (Å²) in [6.45, 7) is 19.1.